The summed E-state index contributed by atoms with van der Waals surface area (Å²) in [6, 6.07) is 3.57. The van der Waals surface area contributed by atoms with Crippen LogP contribution in [0.15, 0.2) is 23.6 Å². The molecule has 1 saturated heterocycles. The van der Waals surface area contributed by atoms with Crippen molar-refractivity contribution in [3.05, 3.63) is 35.2 Å². The molecule has 0 amide bonds. The molecular weight excluding hydrogens is 304 g/mol. The van der Waals surface area contributed by atoms with Crippen molar-refractivity contribution in [2.45, 2.75) is 0 Å². The van der Waals surface area contributed by atoms with E-state index in [2.05, 4.69) is 15.2 Å². The van der Waals surface area contributed by atoms with Crippen molar-refractivity contribution < 1.29 is 8.78 Å². The summed E-state index contributed by atoms with van der Waals surface area (Å²) in [7, 11) is 0. The van der Waals surface area contributed by atoms with Gasteiger partial charge in [-0.15, -0.1) is 23.7 Å². The van der Waals surface area contributed by atoms with Crippen LogP contribution in [-0.4, -0.2) is 31.2 Å². The normalized spacial score (nSPS) is 15.0. The number of hydrogen-bond acceptors (Lipinski definition) is 4. The van der Waals surface area contributed by atoms with Crippen LogP contribution in [0.5, 0.6) is 0 Å². The number of hydrogen-bond donors (Lipinski definition) is 1. The Morgan fingerprint density at radius 3 is 2.65 bits per heavy atom. The van der Waals surface area contributed by atoms with Gasteiger partial charge in [-0.05, 0) is 12.1 Å². The van der Waals surface area contributed by atoms with E-state index in [0.717, 1.165) is 37.4 Å². The highest BCUT2D eigenvalue weighted by molar-refractivity contribution is 7.14. The lowest BCUT2D eigenvalue weighted by molar-refractivity contribution is 0.584. The zero-order valence-electron chi connectivity index (χ0n) is 10.6. The zero-order valence-corrected chi connectivity index (χ0v) is 12.2. The molecule has 0 saturated carbocycles. The van der Waals surface area contributed by atoms with Gasteiger partial charge in [0.25, 0.3) is 0 Å². The maximum atomic E-state index is 13.7. The molecule has 20 heavy (non-hydrogen) atoms. The van der Waals surface area contributed by atoms with E-state index in [1.54, 1.807) is 0 Å². The highest BCUT2D eigenvalue weighted by Crippen LogP contribution is 2.29. The quantitative estimate of drug-likeness (QED) is 0.923. The maximum absolute atomic E-state index is 13.7. The average Bonchev–Trinajstić information content (AvgIpc) is 2.89. The molecule has 1 fully saturated rings. The molecule has 1 N–H and O–H groups in total. The van der Waals surface area contributed by atoms with Gasteiger partial charge in [-0.3, -0.25) is 0 Å². The zero-order chi connectivity index (χ0) is 13.2. The summed E-state index contributed by atoms with van der Waals surface area (Å²) in [5.74, 6) is -1.14. The van der Waals surface area contributed by atoms with Gasteiger partial charge in [0, 0.05) is 43.2 Å². The molecule has 3 nitrogen and oxygen atoms in total. The van der Waals surface area contributed by atoms with Crippen molar-refractivity contribution in [1.29, 1.82) is 0 Å². The van der Waals surface area contributed by atoms with Crippen LogP contribution in [0.4, 0.5) is 13.9 Å². The minimum absolute atomic E-state index is 0. The lowest BCUT2D eigenvalue weighted by Gasteiger charge is -2.26. The third kappa shape index (κ3) is 3.08. The van der Waals surface area contributed by atoms with Crippen molar-refractivity contribution >= 4 is 28.9 Å². The van der Waals surface area contributed by atoms with Crippen molar-refractivity contribution in [2.24, 2.45) is 0 Å². The molecule has 0 spiro atoms. The molecule has 0 aliphatic carbocycles. The van der Waals surface area contributed by atoms with Gasteiger partial charge in [0.05, 0.1) is 5.69 Å². The first-order valence-corrected chi connectivity index (χ1v) is 6.98. The number of halogens is 3. The summed E-state index contributed by atoms with van der Waals surface area (Å²) in [5.41, 5.74) is 0.912. The Labute approximate surface area is 126 Å². The van der Waals surface area contributed by atoms with E-state index in [-0.39, 0.29) is 12.4 Å². The van der Waals surface area contributed by atoms with E-state index in [0.29, 0.717) is 11.3 Å². The standard InChI is InChI=1S/C13H13F2N3S.ClH/c14-9-1-2-10(11(15)7-9)12-8-19-13(17-12)18-5-3-16-4-6-18;/h1-2,7-8,16H,3-6H2;1H. The lowest BCUT2D eigenvalue weighted by Crippen LogP contribution is -2.43. The maximum Gasteiger partial charge on any atom is 0.185 e. The summed E-state index contributed by atoms with van der Waals surface area (Å²) in [4.78, 5) is 6.62. The predicted octanol–water partition coefficient (Wildman–Crippen LogP) is 2.92. The van der Waals surface area contributed by atoms with Crippen LogP contribution in [0.1, 0.15) is 0 Å². The van der Waals surface area contributed by atoms with Crippen LogP contribution in [0, 0.1) is 11.6 Å². The number of rotatable bonds is 2. The van der Waals surface area contributed by atoms with Gasteiger partial charge in [0.1, 0.15) is 11.6 Å². The molecular formula is C13H14ClF2N3S. The summed E-state index contributed by atoms with van der Waals surface area (Å²) >= 11 is 1.49. The lowest BCUT2D eigenvalue weighted by atomic mass is 10.1. The first-order chi connectivity index (χ1) is 9.24. The van der Waals surface area contributed by atoms with E-state index in [1.807, 2.05) is 5.38 Å². The molecule has 0 unspecified atom stereocenters. The SMILES string of the molecule is Cl.Fc1ccc(-c2csc(N3CCNCC3)n2)c(F)c1. The molecule has 1 aliphatic heterocycles. The van der Waals surface area contributed by atoms with Gasteiger partial charge < -0.3 is 10.2 Å². The number of thiazole rings is 1. The molecule has 1 aromatic heterocycles. The number of benzene rings is 1. The second-order valence-corrected chi connectivity index (χ2v) is 5.21. The van der Waals surface area contributed by atoms with Crippen molar-refractivity contribution in [1.82, 2.24) is 10.3 Å². The Hall–Kier alpha value is -1.24. The minimum Gasteiger partial charge on any atom is -0.346 e. The molecule has 2 heterocycles. The minimum atomic E-state index is -0.572. The molecule has 0 atom stereocenters. The average molecular weight is 318 g/mol. The van der Waals surface area contributed by atoms with Crippen LogP contribution < -0.4 is 10.2 Å². The fraction of sp³-hybridized carbons (Fsp3) is 0.308. The Morgan fingerprint density at radius 2 is 1.95 bits per heavy atom. The van der Waals surface area contributed by atoms with Crippen LogP contribution in [0.25, 0.3) is 11.3 Å². The number of anilines is 1. The van der Waals surface area contributed by atoms with E-state index < -0.39 is 11.6 Å². The Morgan fingerprint density at radius 1 is 1.20 bits per heavy atom. The molecule has 1 aromatic carbocycles. The second-order valence-electron chi connectivity index (χ2n) is 4.38. The van der Waals surface area contributed by atoms with Crippen molar-refractivity contribution in [3.8, 4) is 11.3 Å². The smallest absolute Gasteiger partial charge is 0.185 e. The number of nitrogens with zero attached hydrogens (tertiary/aromatic N) is 2. The van der Waals surface area contributed by atoms with E-state index in [9.17, 15) is 8.78 Å². The number of nitrogens with one attached hydrogen (secondary N) is 1. The largest absolute Gasteiger partial charge is 0.346 e. The summed E-state index contributed by atoms with van der Waals surface area (Å²) in [6.45, 7) is 3.66. The van der Waals surface area contributed by atoms with Gasteiger partial charge in [-0.2, -0.15) is 0 Å². The van der Waals surface area contributed by atoms with E-state index in [4.69, 9.17) is 0 Å². The summed E-state index contributed by atoms with van der Waals surface area (Å²) in [6.07, 6.45) is 0. The highest BCUT2D eigenvalue weighted by Gasteiger charge is 2.16. The fourth-order valence-electron chi connectivity index (χ4n) is 2.09. The molecule has 1 aliphatic rings. The van der Waals surface area contributed by atoms with E-state index >= 15 is 0 Å². The molecule has 108 valence electrons. The first-order valence-electron chi connectivity index (χ1n) is 6.10. The molecule has 2 aromatic rings. The predicted molar refractivity (Wildman–Crippen MR) is 79.8 cm³/mol. The van der Waals surface area contributed by atoms with Gasteiger partial charge in [-0.1, -0.05) is 0 Å². The third-order valence-electron chi connectivity index (χ3n) is 3.09. The first kappa shape index (κ1) is 15.2. The topological polar surface area (TPSA) is 28.2 Å². The molecule has 0 radical (unpaired) electrons. The highest BCUT2D eigenvalue weighted by atomic mass is 35.5. The van der Waals surface area contributed by atoms with Gasteiger partial charge in [-0.25, -0.2) is 13.8 Å². The van der Waals surface area contributed by atoms with Crippen LogP contribution in [-0.2, 0) is 0 Å². The van der Waals surface area contributed by atoms with E-state index in [1.165, 1.54) is 23.5 Å². The van der Waals surface area contributed by atoms with Crippen molar-refractivity contribution in [2.75, 3.05) is 31.1 Å². The number of piperazine rings is 1. The van der Waals surface area contributed by atoms with Crippen LogP contribution >= 0.6 is 23.7 Å². The fourth-order valence-corrected chi connectivity index (χ4v) is 2.97. The van der Waals surface area contributed by atoms with Gasteiger partial charge >= 0.3 is 0 Å². The van der Waals surface area contributed by atoms with Gasteiger partial charge in [0.2, 0.25) is 0 Å². The number of aromatic nitrogens is 1. The summed E-state index contributed by atoms with van der Waals surface area (Å²) < 4.78 is 26.6. The molecule has 3 rings (SSSR count). The van der Waals surface area contributed by atoms with Crippen molar-refractivity contribution in [3.63, 3.8) is 0 Å². The monoisotopic (exact) mass is 317 g/mol. The Kier molecular flexibility index (Phi) is 4.91. The summed E-state index contributed by atoms with van der Waals surface area (Å²) in [5, 5.41) is 5.97. The third-order valence-corrected chi connectivity index (χ3v) is 3.99. The van der Waals surface area contributed by atoms with Crippen LogP contribution in [0.3, 0.4) is 0 Å². The molecule has 7 heteroatoms. The Bertz CT molecular complexity index is 585. The molecule has 0 bridgehead atoms. The second kappa shape index (κ2) is 6.47. The Balaban J connectivity index is 0.00000147. The van der Waals surface area contributed by atoms with Gasteiger partial charge in [0.15, 0.2) is 5.13 Å². The van der Waals surface area contributed by atoms with Crippen LogP contribution in [0.2, 0.25) is 0 Å².